The van der Waals surface area contributed by atoms with E-state index in [1.165, 1.54) is 24.1 Å². The highest BCUT2D eigenvalue weighted by Gasteiger charge is 2.26. The maximum Gasteiger partial charge on any atom is 0.220 e. The Bertz CT molecular complexity index is 926. The fourth-order valence-electron chi connectivity index (χ4n) is 4.17. The number of nitrogens with one attached hydrogen (secondary N) is 1. The summed E-state index contributed by atoms with van der Waals surface area (Å²) >= 11 is 0. The molecule has 1 N–H and O–H groups in total. The molecule has 1 aromatic heterocycles. The second-order valence-electron chi connectivity index (χ2n) is 8.96. The number of amides is 1. The molecule has 0 saturated carbocycles. The van der Waals surface area contributed by atoms with Crippen molar-refractivity contribution in [2.24, 2.45) is 11.3 Å². The van der Waals surface area contributed by atoms with Crippen molar-refractivity contribution >= 4 is 17.3 Å². The van der Waals surface area contributed by atoms with Crippen molar-refractivity contribution in [3.63, 3.8) is 0 Å². The molecular formula is C27H39N3O2. The summed E-state index contributed by atoms with van der Waals surface area (Å²) in [4.78, 5) is 21.6. The average molecular weight is 438 g/mol. The van der Waals surface area contributed by atoms with Crippen LogP contribution >= 0.6 is 0 Å². The van der Waals surface area contributed by atoms with Gasteiger partial charge in [-0.05, 0) is 55.4 Å². The SMILES string of the molecule is CC.CCC(=O)[C@H]1CNC(=O)C1.Cc1cc(C2=CC(C)(C)CCC2)n(-c2ccccc2)n1. The maximum absolute atomic E-state index is 11.0. The standard InChI is InChI=1S/C18H22N2.C7H11NO2.C2H6/c1-14-12-17(15-8-7-11-18(2,3)13-15)20(19-14)16-9-5-4-6-10-16;1-2-6(9)5-3-7(10)8-4-5;1-2/h4-6,9-10,12-13H,7-8,11H2,1-3H3;5H,2-4H2,1H3,(H,8,10);1-2H3/t;5-;/m.1./s1. The monoisotopic (exact) mass is 437 g/mol. The topological polar surface area (TPSA) is 64.0 Å². The fourth-order valence-corrected chi connectivity index (χ4v) is 4.17. The summed E-state index contributed by atoms with van der Waals surface area (Å²) in [6.07, 6.45) is 7.06. The number of hydrogen-bond donors (Lipinski definition) is 1. The van der Waals surface area contributed by atoms with Crippen LogP contribution in [-0.2, 0) is 9.59 Å². The maximum atomic E-state index is 11.0. The van der Waals surface area contributed by atoms with Gasteiger partial charge in [0.05, 0.1) is 17.1 Å². The zero-order valence-corrected chi connectivity index (χ0v) is 20.6. The van der Waals surface area contributed by atoms with E-state index in [2.05, 4.69) is 72.3 Å². The predicted octanol–water partition coefficient (Wildman–Crippen LogP) is 5.90. The minimum absolute atomic E-state index is 0.00630. The number of hydrogen-bond acceptors (Lipinski definition) is 3. The van der Waals surface area contributed by atoms with Crippen LogP contribution in [0.1, 0.15) is 78.1 Å². The largest absolute Gasteiger partial charge is 0.355 e. The van der Waals surface area contributed by atoms with Crippen LogP contribution in [0.15, 0.2) is 42.5 Å². The van der Waals surface area contributed by atoms with E-state index in [0.717, 1.165) is 17.8 Å². The average Bonchev–Trinajstić information content (AvgIpc) is 3.41. The molecule has 1 fully saturated rings. The first-order valence-electron chi connectivity index (χ1n) is 11.9. The molecule has 5 nitrogen and oxygen atoms in total. The summed E-state index contributed by atoms with van der Waals surface area (Å²) in [6.45, 7) is 13.1. The Labute approximate surface area is 193 Å². The molecule has 0 bridgehead atoms. The number of aromatic nitrogens is 2. The van der Waals surface area contributed by atoms with E-state index >= 15 is 0 Å². The summed E-state index contributed by atoms with van der Waals surface area (Å²) in [6, 6.07) is 12.6. The Kier molecular flexibility index (Phi) is 9.42. The lowest BCUT2D eigenvalue weighted by Gasteiger charge is -2.27. The van der Waals surface area contributed by atoms with E-state index in [9.17, 15) is 9.59 Å². The number of Topliss-reactive ketones (excluding diaryl/α,β-unsaturated/α-hetero) is 1. The van der Waals surface area contributed by atoms with Crippen LogP contribution in [-0.4, -0.2) is 28.0 Å². The van der Waals surface area contributed by atoms with E-state index in [-0.39, 0.29) is 17.6 Å². The lowest BCUT2D eigenvalue weighted by molar-refractivity contribution is -0.124. The second kappa shape index (κ2) is 11.8. The van der Waals surface area contributed by atoms with Gasteiger partial charge in [0.15, 0.2) is 0 Å². The molecule has 2 heterocycles. The number of aryl methyl sites for hydroxylation is 1. The summed E-state index contributed by atoms with van der Waals surface area (Å²) in [5.74, 6) is 0.155. The highest BCUT2D eigenvalue weighted by molar-refractivity contribution is 5.90. The summed E-state index contributed by atoms with van der Waals surface area (Å²) in [7, 11) is 0. The molecule has 1 amide bonds. The smallest absolute Gasteiger partial charge is 0.220 e. The third-order valence-corrected chi connectivity index (χ3v) is 5.77. The third-order valence-electron chi connectivity index (χ3n) is 5.77. The molecule has 1 atom stereocenters. The van der Waals surface area contributed by atoms with Crippen molar-refractivity contribution in [2.75, 3.05) is 6.54 Å². The molecule has 2 aromatic rings. The molecule has 1 aliphatic heterocycles. The molecule has 32 heavy (non-hydrogen) atoms. The van der Waals surface area contributed by atoms with Gasteiger partial charge in [-0.25, -0.2) is 4.68 Å². The van der Waals surface area contributed by atoms with Crippen LogP contribution in [0.25, 0.3) is 11.3 Å². The normalized spacial score (nSPS) is 19.0. The zero-order valence-electron chi connectivity index (χ0n) is 20.6. The van der Waals surface area contributed by atoms with Gasteiger partial charge in [0.1, 0.15) is 5.78 Å². The molecule has 1 aliphatic carbocycles. The molecule has 2 aliphatic rings. The lowest BCUT2D eigenvalue weighted by atomic mass is 9.79. The van der Waals surface area contributed by atoms with Crippen LogP contribution in [0.4, 0.5) is 0 Å². The quantitative estimate of drug-likeness (QED) is 0.647. The van der Waals surface area contributed by atoms with Crippen molar-refractivity contribution in [1.82, 2.24) is 15.1 Å². The zero-order chi connectivity index (χ0) is 23.7. The van der Waals surface area contributed by atoms with Crippen LogP contribution in [0.5, 0.6) is 0 Å². The van der Waals surface area contributed by atoms with E-state index in [0.29, 0.717) is 24.8 Å². The molecule has 5 heteroatoms. The molecule has 1 saturated heterocycles. The van der Waals surface area contributed by atoms with Crippen molar-refractivity contribution in [2.45, 2.75) is 73.6 Å². The van der Waals surface area contributed by atoms with Gasteiger partial charge in [-0.2, -0.15) is 5.10 Å². The molecule has 0 unspecified atom stereocenters. The predicted molar refractivity (Wildman–Crippen MR) is 132 cm³/mol. The number of ketones is 1. The van der Waals surface area contributed by atoms with Crippen LogP contribution in [0.3, 0.4) is 0 Å². The molecule has 174 valence electrons. The molecular weight excluding hydrogens is 398 g/mol. The Balaban J connectivity index is 0.000000255. The lowest BCUT2D eigenvalue weighted by Crippen LogP contribution is -2.17. The first-order chi connectivity index (χ1) is 15.3. The second-order valence-corrected chi connectivity index (χ2v) is 8.96. The molecule has 0 radical (unpaired) electrons. The van der Waals surface area contributed by atoms with Gasteiger partial charge in [0.2, 0.25) is 5.91 Å². The summed E-state index contributed by atoms with van der Waals surface area (Å²) < 4.78 is 2.09. The van der Waals surface area contributed by atoms with Gasteiger partial charge in [0.25, 0.3) is 0 Å². The Morgan fingerprint density at radius 2 is 1.91 bits per heavy atom. The van der Waals surface area contributed by atoms with E-state index < -0.39 is 0 Å². The van der Waals surface area contributed by atoms with Gasteiger partial charge >= 0.3 is 0 Å². The number of carbonyl (C=O) groups is 2. The fraction of sp³-hybridized carbons (Fsp3) is 0.519. The van der Waals surface area contributed by atoms with Gasteiger partial charge in [-0.3, -0.25) is 9.59 Å². The third kappa shape index (κ3) is 6.91. The first kappa shape index (κ1) is 25.6. The highest BCUT2D eigenvalue weighted by Crippen LogP contribution is 2.38. The van der Waals surface area contributed by atoms with E-state index in [1.54, 1.807) is 0 Å². The molecule has 4 rings (SSSR count). The van der Waals surface area contributed by atoms with Gasteiger partial charge in [0, 0.05) is 25.3 Å². The summed E-state index contributed by atoms with van der Waals surface area (Å²) in [5, 5.41) is 7.30. The minimum Gasteiger partial charge on any atom is -0.355 e. The van der Waals surface area contributed by atoms with Gasteiger partial charge < -0.3 is 5.32 Å². The Hall–Kier alpha value is -2.69. The highest BCUT2D eigenvalue weighted by atomic mass is 16.2. The number of carbonyl (C=O) groups excluding carboxylic acids is 2. The van der Waals surface area contributed by atoms with Crippen molar-refractivity contribution in [1.29, 1.82) is 0 Å². The Morgan fingerprint density at radius 1 is 1.22 bits per heavy atom. The van der Waals surface area contributed by atoms with Gasteiger partial charge in [-0.1, -0.05) is 58.9 Å². The Morgan fingerprint density at radius 3 is 2.47 bits per heavy atom. The molecule has 1 aromatic carbocycles. The van der Waals surface area contributed by atoms with E-state index in [4.69, 9.17) is 0 Å². The number of benzene rings is 1. The van der Waals surface area contributed by atoms with Gasteiger partial charge in [-0.15, -0.1) is 0 Å². The van der Waals surface area contributed by atoms with Crippen LogP contribution < -0.4 is 5.32 Å². The minimum atomic E-state index is -0.0440. The van der Waals surface area contributed by atoms with Crippen LogP contribution in [0.2, 0.25) is 0 Å². The van der Waals surface area contributed by atoms with E-state index in [1.807, 2.05) is 26.8 Å². The number of allylic oxidation sites excluding steroid dienone is 2. The number of rotatable bonds is 4. The number of nitrogens with zero attached hydrogens (tertiary/aromatic N) is 2. The number of para-hydroxylation sites is 1. The molecule has 0 spiro atoms. The van der Waals surface area contributed by atoms with Crippen molar-refractivity contribution in [3.8, 4) is 5.69 Å². The summed E-state index contributed by atoms with van der Waals surface area (Å²) in [5.41, 5.74) is 5.20. The van der Waals surface area contributed by atoms with Crippen LogP contribution in [0, 0.1) is 18.3 Å². The van der Waals surface area contributed by atoms with Crippen molar-refractivity contribution in [3.05, 3.63) is 53.9 Å². The van der Waals surface area contributed by atoms with Crippen molar-refractivity contribution < 1.29 is 9.59 Å². The first-order valence-corrected chi connectivity index (χ1v) is 11.9.